The first-order chi connectivity index (χ1) is 14.6. The minimum Gasteiger partial charge on any atom is -0.497 e. The SMILES string of the molecule is COc1cccc(CN2C(=O)c3ccc(C(=O)NCCN4CCCC4)cc3C2=O)c1. The molecule has 0 aliphatic carbocycles. The molecule has 2 heterocycles. The third-order valence-corrected chi connectivity index (χ3v) is 5.62. The van der Waals surface area contributed by atoms with Crippen LogP contribution in [0.3, 0.4) is 0 Å². The molecule has 0 radical (unpaired) electrons. The Morgan fingerprint density at radius 2 is 1.80 bits per heavy atom. The first-order valence-electron chi connectivity index (χ1n) is 10.2. The molecule has 0 bridgehead atoms. The fraction of sp³-hybridized carbons (Fsp3) is 0.348. The van der Waals surface area contributed by atoms with Crippen molar-refractivity contribution < 1.29 is 19.1 Å². The van der Waals surface area contributed by atoms with Crippen LogP contribution in [0, 0.1) is 0 Å². The van der Waals surface area contributed by atoms with Crippen LogP contribution in [0.15, 0.2) is 42.5 Å². The molecule has 1 saturated heterocycles. The lowest BCUT2D eigenvalue weighted by Crippen LogP contribution is -2.33. The van der Waals surface area contributed by atoms with Crippen LogP contribution in [0.1, 0.15) is 49.5 Å². The topological polar surface area (TPSA) is 79.0 Å². The van der Waals surface area contributed by atoms with E-state index in [4.69, 9.17) is 4.74 Å². The van der Waals surface area contributed by atoms with E-state index in [1.165, 1.54) is 23.8 Å². The molecule has 7 heteroatoms. The number of nitrogens with zero attached hydrogens (tertiary/aromatic N) is 2. The van der Waals surface area contributed by atoms with Gasteiger partial charge in [0.2, 0.25) is 0 Å². The van der Waals surface area contributed by atoms with Crippen molar-refractivity contribution >= 4 is 17.7 Å². The van der Waals surface area contributed by atoms with E-state index in [9.17, 15) is 14.4 Å². The van der Waals surface area contributed by atoms with E-state index in [0.717, 1.165) is 25.2 Å². The van der Waals surface area contributed by atoms with Gasteiger partial charge in [-0.15, -0.1) is 0 Å². The molecule has 4 rings (SSSR count). The molecule has 0 spiro atoms. The molecule has 156 valence electrons. The van der Waals surface area contributed by atoms with Crippen molar-refractivity contribution in [2.75, 3.05) is 33.3 Å². The van der Waals surface area contributed by atoms with Crippen molar-refractivity contribution in [2.45, 2.75) is 19.4 Å². The lowest BCUT2D eigenvalue weighted by atomic mass is 10.1. The van der Waals surface area contributed by atoms with E-state index >= 15 is 0 Å². The average molecular weight is 407 g/mol. The van der Waals surface area contributed by atoms with Gasteiger partial charge in [-0.05, 0) is 61.8 Å². The zero-order valence-corrected chi connectivity index (χ0v) is 17.0. The van der Waals surface area contributed by atoms with E-state index < -0.39 is 0 Å². The molecule has 0 atom stereocenters. The molecule has 0 saturated carbocycles. The smallest absolute Gasteiger partial charge is 0.261 e. The number of fused-ring (bicyclic) bond motifs is 1. The van der Waals surface area contributed by atoms with Crippen LogP contribution in [-0.2, 0) is 6.54 Å². The van der Waals surface area contributed by atoms with Crippen molar-refractivity contribution in [1.29, 1.82) is 0 Å². The van der Waals surface area contributed by atoms with E-state index in [-0.39, 0.29) is 29.8 Å². The van der Waals surface area contributed by atoms with Gasteiger partial charge in [0.25, 0.3) is 17.7 Å². The Bertz CT molecular complexity index is 982. The molecule has 2 aliphatic heterocycles. The summed E-state index contributed by atoms with van der Waals surface area (Å²) in [7, 11) is 1.57. The second kappa shape index (κ2) is 8.67. The first-order valence-corrected chi connectivity index (χ1v) is 10.2. The number of likely N-dealkylation sites (tertiary alicyclic amines) is 1. The fourth-order valence-corrected chi connectivity index (χ4v) is 3.96. The van der Waals surface area contributed by atoms with Crippen LogP contribution in [0.5, 0.6) is 5.75 Å². The molecule has 2 aromatic carbocycles. The molecule has 7 nitrogen and oxygen atoms in total. The van der Waals surface area contributed by atoms with Gasteiger partial charge in [0.15, 0.2) is 0 Å². The standard InChI is InChI=1S/C23H25N3O4/c1-30-18-6-4-5-16(13-18)15-26-22(28)19-8-7-17(14-20(19)23(26)29)21(27)24-9-12-25-10-2-3-11-25/h4-8,13-14H,2-3,9-12,15H2,1H3,(H,24,27). The highest BCUT2D eigenvalue weighted by Gasteiger charge is 2.36. The normalized spacial score (nSPS) is 16.1. The number of hydrogen-bond acceptors (Lipinski definition) is 5. The van der Waals surface area contributed by atoms with Crippen LogP contribution in [0.4, 0.5) is 0 Å². The Hall–Kier alpha value is -3.19. The van der Waals surface area contributed by atoms with Crippen molar-refractivity contribution in [3.8, 4) is 5.75 Å². The Labute approximate surface area is 175 Å². The summed E-state index contributed by atoms with van der Waals surface area (Å²) in [6, 6.07) is 11.9. The van der Waals surface area contributed by atoms with Gasteiger partial charge < -0.3 is 15.0 Å². The molecule has 3 amide bonds. The third-order valence-electron chi connectivity index (χ3n) is 5.62. The summed E-state index contributed by atoms with van der Waals surface area (Å²) in [4.78, 5) is 41.6. The number of methoxy groups -OCH3 is 1. The molecule has 2 aromatic rings. The minimum absolute atomic E-state index is 0.154. The van der Waals surface area contributed by atoms with Crippen molar-refractivity contribution in [3.63, 3.8) is 0 Å². The Morgan fingerprint density at radius 1 is 1.03 bits per heavy atom. The molecule has 1 fully saturated rings. The zero-order valence-electron chi connectivity index (χ0n) is 17.0. The predicted octanol–water partition coefficient (Wildman–Crippen LogP) is 2.32. The molecule has 30 heavy (non-hydrogen) atoms. The largest absolute Gasteiger partial charge is 0.497 e. The van der Waals surface area contributed by atoms with Gasteiger partial charge in [-0.1, -0.05) is 12.1 Å². The van der Waals surface area contributed by atoms with Gasteiger partial charge in [-0.25, -0.2) is 0 Å². The van der Waals surface area contributed by atoms with E-state index in [1.54, 1.807) is 31.4 Å². The quantitative estimate of drug-likeness (QED) is 0.713. The number of amides is 3. The number of carbonyl (C=O) groups excluding carboxylic acids is 3. The number of hydrogen-bond donors (Lipinski definition) is 1. The number of rotatable bonds is 7. The van der Waals surface area contributed by atoms with Crippen LogP contribution in [0.2, 0.25) is 0 Å². The maximum Gasteiger partial charge on any atom is 0.261 e. The van der Waals surface area contributed by atoms with Gasteiger partial charge in [-0.3, -0.25) is 19.3 Å². The lowest BCUT2D eigenvalue weighted by Gasteiger charge is -2.14. The van der Waals surface area contributed by atoms with Crippen LogP contribution in [-0.4, -0.2) is 60.8 Å². The number of carbonyl (C=O) groups is 3. The highest BCUT2D eigenvalue weighted by molar-refractivity contribution is 6.22. The number of benzene rings is 2. The molecular formula is C23H25N3O4. The highest BCUT2D eigenvalue weighted by Crippen LogP contribution is 2.26. The third kappa shape index (κ3) is 4.07. The van der Waals surface area contributed by atoms with Crippen molar-refractivity contribution in [1.82, 2.24) is 15.1 Å². The van der Waals surface area contributed by atoms with Crippen LogP contribution < -0.4 is 10.1 Å². The van der Waals surface area contributed by atoms with E-state index in [0.29, 0.717) is 23.4 Å². The Kier molecular flexibility index (Phi) is 5.81. The first kappa shape index (κ1) is 20.1. The summed E-state index contributed by atoms with van der Waals surface area (Å²) in [6.45, 7) is 3.69. The van der Waals surface area contributed by atoms with E-state index in [2.05, 4.69) is 10.2 Å². The number of nitrogens with one attached hydrogen (secondary N) is 1. The molecular weight excluding hydrogens is 382 g/mol. The summed E-state index contributed by atoms with van der Waals surface area (Å²) in [6.07, 6.45) is 2.42. The van der Waals surface area contributed by atoms with Crippen LogP contribution in [0.25, 0.3) is 0 Å². The second-order valence-electron chi connectivity index (χ2n) is 7.61. The number of imide groups is 1. The van der Waals surface area contributed by atoms with Gasteiger partial charge in [-0.2, -0.15) is 0 Å². The van der Waals surface area contributed by atoms with Gasteiger partial charge in [0.05, 0.1) is 24.8 Å². The summed E-state index contributed by atoms with van der Waals surface area (Å²) < 4.78 is 5.21. The highest BCUT2D eigenvalue weighted by atomic mass is 16.5. The molecule has 0 unspecified atom stereocenters. The van der Waals surface area contributed by atoms with Crippen molar-refractivity contribution in [2.24, 2.45) is 0 Å². The molecule has 1 N–H and O–H groups in total. The van der Waals surface area contributed by atoms with Gasteiger partial charge >= 0.3 is 0 Å². The monoisotopic (exact) mass is 407 g/mol. The summed E-state index contributed by atoms with van der Waals surface area (Å²) in [5.41, 5.74) is 1.79. The van der Waals surface area contributed by atoms with Gasteiger partial charge in [0, 0.05) is 18.7 Å². The minimum atomic E-state index is -0.385. The maximum atomic E-state index is 12.9. The Morgan fingerprint density at radius 3 is 2.57 bits per heavy atom. The summed E-state index contributed by atoms with van der Waals surface area (Å²) >= 11 is 0. The zero-order chi connectivity index (χ0) is 21.1. The summed E-state index contributed by atoms with van der Waals surface area (Å²) in [5.74, 6) is -0.302. The Balaban J connectivity index is 1.43. The van der Waals surface area contributed by atoms with Crippen LogP contribution >= 0.6 is 0 Å². The fourth-order valence-electron chi connectivity index (χ4n) is 3.96. The number of ether oxygens (including phenoxy) is 1. The van der Waals surface area contributed by atoms with Gasteiger partial charge in [0.1, 0.15) is 5.75 Å². The second-order valence-corrected chi connectivity index (χ2v) is 7.61. The predicted molar refractivity (Wildman–Crippen MR) is 112 cm³/mol. The maximum absolute atomic E-state index is 12.9. The molecule has 0 aromatic heterocycles. The van der Waals surface area contributed by atoms with E-state index in [1.807, 2.05) is 12.1 Å². The van der Waals surface area contributed by atoms with Crippen molar-refractivity contribution in [3.05, 3.63) is 64.7 Å². The average Bonchev–Trinajstić information content (AvgIpc) is 3.36. The summed E-state index contributed by atoms with van der Waals surface area (Å²) in [5, 5.41) is 2.90. The lowest BCUT2D eigenvalue weighted by molar-refractivity contribution is 0.0642. The molecule has 2 aliphatic rings.